The van der Waals surface area contributed by atoms with Crippen molar-refractivity contribution in [2.24, 2.45) is 16.8 Å². The first-order valence-electron chi connectivity index (χ1n) is 8.17. The Morgan fingerprint density at radius 3 is 2.96 bits per heavy atom. The van der Waals surface area contributed by atoms with Crippen LogP contribution in [0.5, 0.6) is 0 Å². The zero-order valence-corrected chi connectivity index (χ0v) is 14.9. The predicted octanol–water partition coefficient (Wildman–Crippen LogP) is 2.34. The third-order valence-corrected chi connectivity index (χ3v) is 7.01. The van der Waals surface area contributed by atoms with Crippen molar-refractivity contribution in [3.63, 3.8) is 0 Å². The summed E-state index contributed by atoms with van der Waals surface area (Å²) in [7, 11) is 0. The Bertz CT molecular complexity index is 571. The van der Waals surface area contributed by atoms with Crippen LogP contribution in [0.2, 0.25) is 0 Å². The van der Waals surface area contributed by atoms with Gasteiger partial charge < -0.3 is 9.64 Å². The average Bonchev–Trinajstić information content (AvgIpc) is 2.85. The standard InChI is InChI=1S/C17H22N2O2S.ClH/c1-12-15(16(20)19-8-10-21-11-9-19)13-5-7-18-14-4-2-3-6-17(13,14)22-12;/h2-4,6,12-13,15H,5,7-11H2,1H3;1H. The van der Waals surface area contributed by atoms with Gasteiger partial charge in [0, 0.05) is 24.9 Å². The van der Waals surface area contributed by atoms with Gasteiger partial charge in [-0.1, -0.05) is 25.2 Å². The van der Waals surface area contributed by atoms with Gasteiger partial charge in [0.25, 0.3) is 0 Å². The lowest BCUT2D eigenvalue weighted by atomic mass is 9.72. The second kappa shape index (κ2) is 6.61. The smallest absolute Gasteiger partial charge is 0.227 e. The molecule has 1 amide bonds. The monoisotopic (exact) mass is 354 g/mol. The van der Waals surface area contributed by atoms with Crippen molar-refractivity contribution in [3.8, 4) is 0 Å². The Balaban J connectivity index is 0.00000156. The van der Waals surface area contributed by atoms with Crippen LogP contribution in [-0.4, -0.2) is 59.4 Å². The molecule has 1 aliphatic carbocycles. The van der Waals surface area contributed by atoms with Gasteiger partial charge in [0.1, 0.15) is 0 Å². The molecule has 126 valence electrons. The molecule has 23 heavy (non-hydrogen) atoms. The van der Waals surface area contributed by atoms with Crippen LogP contribution in [0.1, 0.15) is 13.3 Å². The van der Waals surface area contributed by atoms with Crippen molar-refractivity contribution in [3.05, 3.63) is 24.3 Å². The lowest BCUT2D eigenvalue weighted by molar-refractivity contribution is -0.141. The van der Waals surface area contributed by atoms with Crippen LogP contribution in [0.3, 0.4) is 0 Å². The number of aliphatic imine (C=N–C) groups is 1. The van der Waals surface area contributed by atoms with E-state index in [-0.39, 0.29) is 23.1 Å². The van der Waals surface area contributed by atoms with E-state index in [2.05, 4.69) is 31.2 Å². The summed E-state index contributed by atoms with van der Waals surface area (Å²) in [6.45, 7) is 5.88. The summed E-state index contributed by atoms with van der Waals surface area (Å²) < 4.78 is 5.32. The van der Waals surface area contributed by atoms with Gasteiger partial charge in [-0.15, -0.1) is 24.2 Å². The van der Waals surface area contributed by atoms with Crippen molar-refractivity contribution < 1.29 is 9.53 Å². The number of carbonyl (C=O) groups excluding carboxylic acids is 1. The van der Waals surface area contributed by atoms with Crippen molar-refractivity contribution in [2.45, 2.75) is 23.3 Å². The quantitative estimate of drug-likeness (QED) is 0.725. The highest BCUT2D eigenvalue weighted by atomic mass is 35.5. The topological polar surface area (TPSA) is 41.9 Å². The molecule has 6 heteroatoms. The second-order valence-electron chi connectivity index (χ2n) is 6.46. The number of nitrogens with zero attached hydrogens (tertiary/aromatic N) is 2. The van der Waals surface area contributed by atoms with E-state index in [0.717, 1.165) is 26.1 Å². The molecule has 0 bridgehead atoms. The Kier molecular flexibility index (Phi) is 4.90. The second-order valence-corrected chi connectivity index (χ2v) is 8.11. The highest BCUT2D eigenvalue weighted by molar-refractivity contribution is 8.02. The van der Waals surface area contributed by atoms with E-state index >= 15 is 0 Å². The number of thioether (sulfide) groups is 1. The SMILES string of the molecule is CC1SC23C=CC=CC2=NCCC3C1C(=O)N1CCOCC1.Cl. The summed E-state index contributed by atoms with van der Waals surface area (Å²) in [6, 6.07) is 0. The van der Waals surface area contributed by atoms with Crippen LogP contribution >= 0.6 is 24.2 Å². The molecule has 4 nitrogen and oxygen atoms in total. The minimum Gasteiger partial charge on any atom is -0.378 e. The summed E-state index contributed by atoms with van der Waals surface area (Å²) in [5.41, 5.74) is 1.17. The maximum atomic E-state index is 13.1. The fraction of sp³-hybridized carbons (Fsp3) is 0.647. The van der Waals surface area contributed by atoms with E-state index in [1.165, 1.54) is 5.71 Å². The number of rotatable bonds is 1. The van der Waals surface area contributed by atoms with Crippen LogP contribution in [0.25, 0.3) is 0 Å². The number of ether oxygens (including phenoxy) is 1. The number of halogens is 1. The van der Waals surface area contributed by atoms with Gasteiger partial charge in [-0.05, 0) is 18.4 Å². The van der Waals surface area contributed by atoms with Gasteiger partial charge in [-0.3, -0.25) is 9.79 Å². The summed E-state index contributed by atoms with van der Waals surface area (Å²) in [5, 5.41) is 0.333. The van der Waals surface area contributed by atoms with Gasteiger partial charge in [-0.2, -0.15) is 0 Å². The third-order valence-electron chi connectivity index (χ3n) is 5.31. The molecular formula is C17H23ClN2O2S. The minimum atomic E-state index is -0.0704. The number of morpholine rings is 1. The third kappa shape index (κ3) is 2.67. The lowest BCUT2D eigenvalue weighted by Crippen LogP contribution is -2.50. The summed E-state index contributed by atoms with van der Waals surface area (Å²) >= 11 is 1.93. The molecule has 3 heterocycles. The lowest BCUT2D eigenvalue weighted by Gasteiger charge is -2.39. The predicted molar refractivity (Wildman–Crippen MR) is 96.6 cm³/mol. The maximum absolute atomic E-state index is 13.1. The Morgan fingerprint density at radius 2 is 2.17 bits per heavy atom. The first-order valence-corrected chi connectivity index (χ1v) is 9.05. The van der Waals surface area contributed by atoms with Crippen molar-refractivity contribution in [1.82, 2.24) is 4.90 Å². The molecule has 2 saturated heterocycles. The van der Waals surface area contributed by atoms with E-state index in [0.29, 0.717) is 30.3 Å². The van der Waals surface area contributed by atoms with E-state index in [1.54, 1.807) is 0 Å². The fourth-order valence-electron chi connectivity index (χ4n) is 4.30. The molecule has 4 aliphatic rings. The molecule has 4 atom stereocenters. The van der Waals surface area contributed by atoms with Gasteiger partial charge in [0.2, 0.25) is 5.91 Å². The Labute approximate surface area is 147 Å². The summed E-state index contributed by atoms with van der Waals surface area (Å²) in [4.78, 5) is 19.9. The van der Waals surface area contributed by atoms with Gasteiger partial charge in [0.05, 0.1) is 29.6 Å². The van der Waals surface area contributed by atoms with Gasteiger partial charge >= 0.3 is 0 Å². The van der Waals surface area contributed by atoms with Crippen LogP contribution in [-0.2, 0) is 9.53 Å². The van der Waals surface area contributed by atoms with Crippen molar-refractivity contribution in [1.29, 1.82) is 0 Å². The zero-order valence-electron chi connectivity index (χ0n) is 13.3. The number of carbonyl (C=O) groups is 1. The molecule has 4 unspecified atom stereocenters. The summed E-state index contributed by atoms with van der Waals surface area (Å²) in [5.74, 6) is 0.802. The molecule has 0 radical (unpaired) electrons. The van der Waals surface area contributed by atoms with E-state index in [4.69, 9.17) is 9.73 Å². The number of hydrogen-bond donors (Lipinski definition) is 0. The van der Waals surface area contributed by atoms with Crippen LogP contribution in [0.4, 0.5) is 0 Å². The van der Waals surface area contributed by atoms with Crippen LogP contribution in [0, 0.1) is 11.8 Å². The molecule has 0 N–H and O–H groups in total. The summed E-state index contributed by atoms with van der Waals surface area (Å²) in [6.07, 6.45) is 9.62. The normalized spacial score (nSPS) is 38.4. The molecular weight excluding hydrogens is 332 g/mol. The van der Waals surface area contributed by atoms with Gasteiger partial charge in [0.15, 0.2) is 0 Å². The molecule has 0 aromatic carbocycles. The fourth-order valence-corrected chi connectivity index (χ4v) is 6.22. The van der Waals surface area contributed by atoms with E-state index in [9.17, 15) is 4.79 Å². The molecule has 3 aliphatic heterocycles. The first kappa shape index (κ1) is 17.1. The number of hydrogen-bond acceptors (Lipinski definition) is 4. The molecule has 0 saturated carbocycles. The highest BCUT2D eigenvalue weighted by Crippen LogP contribution is 2.56. The maximum Gasteiger partial charge on any atom is 0.227 e. The van der Waals surface area contributed by atoms with E-state index in [1.807, 2.05) is 16.7 Å². The molecule has 4 rings (SSSR count). The number of allylic oxidation sites excluding steroid dienone is 3. The van der Waals surface area contributed by atoms with Gasteiger partial charge in [-0.25, -0.2) is 0 Å². The van der Waals surface area contributed by atoms with Crippen LogP contribution in [0.15, 0.2) is 29.3 Å². The number of amides is 1. The Hall–Kier alpha value is -0.780. The largest absolute Gasteiger partial charge is 0.378 e. The Morgan fingerprint density at radius 1 is 1.39 bits per heavy atom. The average molecular weight is 355 g/mol. The van der Waals surface area contributed by atoms with Crippen molar-refractivity contribution >= 4 is 35.8 Å². The molecule has 0 aromatic rings. The molecule has 0 aromatic heterocycles. The molecule has 1 spiro atoms. The van der Waals surface area contributed by atoms with Crippen LogP contribution < -0.4 is 0 Å². The van der Waals surface area contributed by atoms with E-state index < -0.39 is 0 Å². The zero-order chi connectivity index (χ0) is 15.2. The minimum absolute atomic E-state index is 0. The molecule has 2 fully saturated rings. The highest BCUT2D eigenvalue weighted by Gasteiger charge is 2.57. The van der Waals surface area contributed by atoms with Crippen molar-refractivity contribution in [2.75, 3.05) is 32.8 Å². The first-order chi connectivity index (χ1) is 10.7.